The lowest BCUT2D eigenvalue weighted by atomic mass is 9.83. The number of methoxy groups -OCH3 is 1. The van der Waals surface area contributed by atoms with Gasteiger partial charge in [-0.2, -0.15) is 0 Å². The van der Waals surface area contributed by atoms with Crippen molar-refractivity contribution >= 4 is 11.6 Å². The minimum atomic E-state index is -0.159. The summed E-state index contributed by atoms with van der Waals surface area (Å²) in [5, 5.41) is 0.769. The van der Waals surface area contributed by atoms with Crippen molar-refractivity contribution in [2.45, 2.75) is 56.6 Å². The summed E-state index contributed by atoms with van der Waals surface area (Å²) >= 11 is 6.07. The Morgan fingerprint density at radius 1 is 1.30 bits per heavy atom. The minimum Gasteiger partial charge on any atom is -0.377 e. The van der Waals surface area contributed by atoms with Gasteiger partial charge in [-0.15, -0.1) is 0 Å². The van der Waals surface area contributed by atoms with E-state index in [2.05, 4.69) is 11.5 Å². The summed E-state index contributed by atoms with van der Waals surface area (Å²) < 4.78 is 5.94. The molecule has 0 heterocycles. The highest BCUT2D eigenvalue weighted by atomic mass is 35.5. The molecule has 1 aliphatic rings. The van der Waals surface area contributed by atoms with E-state index in [0.29, 0.717) is 0 Å². The molecule has 0 aromatic heterocycles. The van der Waals surface area contributed by atoms with E-state index in [0.717, 1.165) is 24.3 Å². The van der Waals surface area contributed by atoms with Crippen LogP contribution in [0.5, 0.6) is 0 Å². The largest absolute Gasteiger partial charge is 0.377 e. The van der Waals surface area contributed by atoms with Gasteiger partial charge in [0.25, 0.3) is 0 Å². The van der Waals surface area contributed by atoms with Gasteiger partial charge in [-0.3, -0.25) is 11.3 Å². The maximum atomic E-state index is 6.07. The maximum Gasteiger partial charge on any atom is 0.0847 e. The third-order valence-electron chi connectivity index (χ3n) is 4.52. The molecular formula is C16H25ClN2O. The van der Waals surface area contributed by atoms with Crippen molar-refractivity contribution in [3.05, 3.63) is 34.9 Å². The molecule has 20 heavy (non-hydrogen) atoms. The Balaban J connectivity index is 2.16. The van der Waals surface area contributed by atoms with Crippen molar-refractivity contribution in [2.75, 3.05) is 7.11 Å². The fourth-order valence-electron chi connectivity index (χ4n) is 3.32. The topological polar surface area (TPSA) is 47.3 Å². The molecule has 0 radical (unpaired) electrons. The molecule has 0 amide bonds. The highest BCUT2D eigenvalue weighted by Gasteiger charge is 2.38. The molecule has 3 N–H and O–H groups in total. The van der Waals surface area contributed by atoms with Crippen LogP contribution in [0.15, 0.2) is 24.3 Å². The van der Waals surface area contributed by atoms with Crippen LogP contribution in [-0.4, -0.2) is 18.8 Å². The standard InChI is InChI=1S/C16H25ClN2O/c1-20-16(9-4-2-3-5-10-16)15(19-18)12-13-7-6-8-14(17)11-13/h6-8,11,15,19H,2-5,9-10,12,18H2,1H3. The SMILES string of the molecule is COC1(C(Cc2cccc(Cl)c2)NN)CCCCCC1. The molecule has 0 bridgehead atoms. The van der Waals surface area contributed by atoms with Crippen LogP contribution in [0.4, 0.5) is 0 Å². The second kappa shape index (κ2) is 7.41. The van der Waals surface area contributed by atoms with Crippen LogP contribution in [0.3, 0.4) is 0 Å². The molecule has 1 saturated carbocycles. The normalized spacial score (nSPS) is 20.4. The van der Waals surface area contributed by atoms with Crippen LogP contribution in [0.2, 0.25) is 5.02 Å². The van der Waals surface area contributed by atoms with Gasteiger partial charge in [0.1, 0.15) is 0 Å². The summed E-state index contributed by atoms with van der Waals surface area (Å²) in [6, 6.07) is 8.09. The van der Waals surface area contributed by atoms with Crippen molar-refractivity contribution in [2.24, 2.45) is 5.84 Å². The van der Waals surface area contributed by atoms with Gasteiger partial charge in [-0.05, 0) is 37.0 Å². The number of ether oxygens (including phenoxy) is 1. The maximum absolute atomic E-state index is 6.07. The number of hydrogen-bond donors (Lipinski definition) is 2. The molecule has 4 heteroatoms. The Hall–Kier alpha value is -0.610. The van der Waals surface area contributed by atoms with Crippen LogP contribution < -0.4 is 11.3 Å². The summed E-state index contributed by atoms with van der Waals surface area (Å²) in [6.07, 6.45) is 7.98. The van der Waals surface area contributed by atoms with E-state index < -0.39 is 0 Å². The molecular weight excluding hydrogens is 272 g/mol. The van der Waals surface area contributed by atoms with Gasteiger partial charge in [0, 0.05) is 12.1 Å². The fourth-order valence-corrected chi connectivity index (χ4v) is 3.53. The van der Waals surface area contributed by atoms with Gasteiger partial charge in [-0.25, -0.2) is 0 Å². The molecule has 1 aliphatic carbocycles. The number of hydrazine groups is 1. The Bertz CT molecular complexity index is 417. The number of rotatable bonds is 5. The lowest BCUT2D eigenvalue weighted by molar-refractivity contribution is -0.0527. The monoisotopic (exact) mass is 296 g/mol. The lowest BCUT2D eigenvalue weighted by Crippen LogP contribution is -2.55. The summed E-state index contributed by atoms with van der Waals surface area (Å²) in [5.41, 5.74) is 4.03. The quantitative estimate of drug-likeness (QED) is 0.497. The first-order valence-electron chi connectivity index (χ1n) is 7.46. The number of halogens is 1. The zero-order valence-corrected chi connectivity index (χ0v) is 13.0. The predicted octanol–water partition coefficient (Wildman–Crippen LogP) is 3.45. The molecule has 1 unspecified atom stereocenters. The molecule has 0 spiro atoms. The van der Waals surface area contributed by atoms with Crippen molar-refractivity contribution in [3.8, 4) is 0 Å². The highest BCUT2D eigenvalue weighted by Crippen LogP contribution is 2.34. The molecule has 1 aromatic carbocycles. The zero-order valence-electron chi connectivity index (χ0n) is 12.2. The first kappa shape index (κ1) is 15.8. The van der Waals surface area contributed by atoms with E-state index >= 15 is 0 Å². The molecule has 3 nitrogen and oxygen atoms in total. The molecule has 1 atom stereocenters. The smallest absolute Gasteiger partial charge is 0.0847 e. The van der Waals surface area contributed by atoms with Crippen LogP contribution in [0.25, 0.3) is 0 Å². The lowest BCUT2D eigenvalue weighted by Gasteiger charge is -2.39. The molecule has 112 valence electrons. The average molecular weight is 297 g/mol. The third kappa shape index (κ3) is 3.73. The average Bonchev–Trinajstić information content (AvgIpc) is 2.71. The fraction of sp³-hybridized carbons (Fsp3) is 0.625. The predicted molar refractivity (Wildman–Crippen MR) is 83.7 cm³/mol. The van der Waals surface area contributed by atoms with Crippen molar-refractivity contribution < 1.29 is 4.74 Å². The molecule has 1 fully saturated rings. The molecule has 1 aromatic rings. The van der Waals surface area contributed by atoms with Gasteiger partial charge >= 0.3 is 0 Å². The van der Waals surface area contributed by atoms with Crippen LogP contribution >= 0.6 is 11.6 Å². The Kier molecular flexibility index (Phi) is 5.85. The summed E-state index contributed by atoms with van der Waals surface area (Å²) in [7, 11) is 1.81. The molecule has 2 rings (SSSR count). The van der Waals surface area contributed by atoms with E-state index in [4.69, 9.17) is 22.2 Å². The van der Waals surface area contributed by atoms with E-state index in [1.54, 1.807) is 0 Å². The van der Waals surface area contributed by atoms with Crippen molar-refractivity contribution in [3.63, 3.8) is 0 Å². The third-order valence-corrected chi connectivity index (χ3v) is 4.76. The van der Waals surface area contributed by atoms with E-state index in [-0.39, 0.29) is 11.6 Å². The van der Waals surface area contributed by atoms with Gasteiger partial charge in [0.15, 0.2) is 0 Å². The van der Waals surface area contributed by atoms with Crippen LogP contribution in [0, 0.1) is 0 Å². The first-order valence-corrected chi connectivity index (χ1v) is 7.84. The minimum absolute atomic E-state index is 0.115. The number of nitrogens with one attached hydrogen (secondary N) is 1. The van der Waals surface area contributed by atoms with Gasteiger partial charge in [0.05, 0.1) is 11.6 Å². The number of hydrogen-bond acceptors (Lipinski definition) is 3. The van der Waals surface area contributed by atoms with Gasteiger partial charge < -0.3 is 4.74 Å². The van der Waals surface area contributed by atoms with Crippen LogP contribution in [-0.2, 0) is 11.2 Å². The molecule has 0 saturated heterocycles. The number of nitrogens with two attached hydrogens (primary N) is 1. The first-order chi connectivity index (χ1) is 9.70. The van der Waals surface area contributed by atoms with Gasteiger partial charge in [-0.1, -0.05) is 49.4 Å². The zero-order chi connectivity index (χ0) is 14.4. The van der Waals surface area contributed by atoms with E-state index in [1.165, 1.54) is 31.2 Å². The Morgan fingerprint density at radius 3 is 2.55 bits per heavy atom. The summed E-state index contributed by atoms with van der Waals surface area (Å²) in [4.78, 5) is 0. The highest BCUT2D eigenvalue weighted by molar-refractivity contribution is 6.30. The van der Waals surface area contributed by atoms with Gasteiger partial charge in [0.2, 0.25) is 0 Å². The Morgan fingerprint density at radius 2 is 2.00 bits per heavy atom. The van der Waals surface area contributed by atoms with Crippen molar-refractivity contribution in [1.82, 2.24) is 5.43 Å². The summed E-state index contributed by atoms with van der Waals surface area (Å²) in [6.45, 7) is 0. The number of benzene rings is 1. The van der Waals surface area contributed by atoms with Crippen LogP contribution in [0.1, 0.15) is 44.1 Å². The van der Waals surface area contributed by atoms with E-state index in [1.807, 2.05) is 25.3 Å². The Labute approximate surface area is 126 Å². The molecule has 0 aliphatic heterocycles. The van der Waals surface area contributed by atoms with Crippen molar-refractivity contribution in [1.29, 1.82) is 0 Å². The van der Waals surface area contributed by atoms with E-state index in [9.17, 15) is 0 Å². The summed E-state index contributed by atoms with van der Waals surface area (Å²) in [5.74, 6) is 5.84. The second-order valence-corrected chi connectivity index (χ2v) is 6.17. The second-order valence-electron chi connectivity index (χ2n) is 5.74.